The van der Waals surface area contributed by atoms with E-state index in [0.29, 0.717) is 19.7 Å². The number of carbonyl (C=O) groups excluding carboxylic acids is 1. The molecule has 6 nitrogen and oxygen atoms in total. The van der Waals surface area contributed by atoms with Gasteiger partial charge in [0.15, 0.2) is 0 Å². The first kappa shape index (κ1) is 15.8. The molecule has 1 heterocycles. The van der Waals surface area contributed by atoms with Gasteiger partial charge in [0.2, 0.25) is 5.91 Å². The molecule has 0 aromatic carbocycles. The standard InChI is InChI=1S/C13H25N3O3/c1-4-11-10(6-7-19-11)13(17)16(5-2)8-9(3)12(14)15-18/h9-11,18H,4-8H2,1-3H3,(H2,14,15). The second kappa shape index (κ2) is 7.33. The van der Waals surface area contributed by atoms with Crippen molar-refractivity contribution in [1.29, 1.82) is 0 Å². The molecule has 0 saturated carbocycles. The molecule has 0 aromatic rings. The number of rotatable bonds is 6. The van der Waals surface area contributed by atoms with Gasteiger partial charge in [-0.2, -0.15) is 0 Å². The fourth-order valence-electron chi connectivity index (χ4n) is 2.47. The average Bonchev–Trinajstić information content (AvgIpc) is 2.90. The summed E-state index contributed by atoms with van der Waals surface area (Å²) in [7, 11) is 0. The van der Waals surface area contributed by atoms with E-state index < -0.39 is 0 Å². The van der Waals surface area contributed by atoms with Crippen LogP contribution in [0.1, 0.15) is 33.6 Å². The predicted molar refractivity (Wildman–Crippen MR) is 73.0 cm³/mol. The third-order valence-electron chi connectivity index (χ3n) is 3.74. The lowest BCUT2D eigenvalue weighted by atomic mass is 9.97. The summed E-state index contributed by atoms with van der Waals surface area (Å²) < 4.78 is 5.57. The minimum Gasteiger partial charge on any atom is -0.409 e. The molecule has 1 rings (SSSR count). The van der Waals surface area contributed by atoms with Crippen LogP contribution in [0.15, 0.2) is 5.16 Å². The molecular weight excluding hydrogens is 246 g/mol. The highest BCUT2D eigenvalue weighted by atomic mass is 16.5. The zero-order valence-electron chi connectivity index (χ0n) is 12.0. The maximum absolute atomic E-state index is 12.5. The average molecular weight is 271 g/mol. The Balaban J connectivity index is 2.66. The lowest BCUT2D eigenvalue weighted by Crippen LogP contribution is -2.43. The predicted octanol–water partition coefficient (Wildman–Crippen LogP) is 1.03. The number of amidine groups is 1. The highest BCUT2D eigenvalue weighted by Gasteiger charge is 2.35. The van der Waals surface area contributed by atoms with Crippen molar-refractivity contribution in [2.75, 3.05) is 19.7 Å². The minimum absolute atomic E-state index is 0.0284. The Kier molecular flexibility index (Phi) is 6.08. The van der Waals surface area contributed by atoms with Gasteiger partial charge in [-0.05, 0) is 19.8 Å². The topological polar surface area (TPSA) is 88.2 Å². The Morgan fingerprint density at radius 3 is 2.79 bits per heavy atom. The molecule has 0 aliphatic carbocycles. The Bertz CT molecular complexity index is 333. The largest absolute Gasteiger partial charge is 0.409 e. The molecule has 3 atom stereocenters. The van der Waals surface area contributed by atoms with Gasteiger partial charge in [-0.25, -0.2) is 0 Å². The molecule has 0 bridgehead atoms. The lowest BCUT2D eigenvalue weighted by molar-refractivity contribution is -0.137. The highest BCUT2D eigenvalue weighted by molar-refractivity contribution is 5.84. The zero-order chi connectivity index (χ0) is 14.4. The lowest BCUT2D eigenvalue weighted by Gasteiger charge is -2.28. The normalized spacial score (nSPS) is 25.3. The third kappa shape index (κ3) is 3.83. The maximum Gasteiger partial charge on any atom is 0.228 e. The SMILES string of the molecule is CCC1OCCC1C(=O)N(CC)CC(C)C(N)=NO. The van der Waals surface area contributed by atoms with E-state index in [9.17, 15) is 4.79 Å². The van der Waals surface area contributed by atoms with Gasteiger partial charge in [0.1, 0.15) is 5.84 Å². The summed E-state index contributed by atoms with van der Waals surface area (Å²) in [6.07, 6.45) is 1.66. The number of nitrogens with two attached hydrogens (primary N) is 1. The van der Waals surface area contributed by atoms with Crippen LogP contribution in [-0.2, 0) is 9.53 Å². The molecule has 1 amide bonds. The van der Waals surface area contributed by atoms with Crippen LogP contribution in [0.5, 0.6) is 0 Å². The van der Waals surface area contributed by atoms with Crippen molar-refractivity contribution in [2.45, 2.75) is 39.7 Å². The van der Waals surface area contributed by atoms with Gasteiger partial charge < -0.3 is 20.6 Å². The summed E-state index contributed by atoms with van der Waals surface area (Å²) in [5.41, 5.74) is 5.56. The second-order valence-corrected chi connectivity index (χ2v) is 5.02. The summed E-state index contributed by atoms with van der Waals surface area (Å²) in [4.78, 5) is 14.3. The third-order valence-corrected chi connectivity index (χ3v) is 3.74. The second-order valence-electron chi connectivity index (χ2n) is 5.02. The smallest absolute Gasteiger partial charge is 0.228 e. The van der Waals surface area contributed by atoms with Crippen LogP contribution in [0.4, 0.5) is 0 Å². The maximum atomic E-state index is 12.5. The van der Waals surface area contributed by atoms with Crippen LogP contribution < -0.4 is 5.73 Å². The van der Waals surface area contributed by atoms with Crippen molar-refractivity contribution in [3.8, 4) is 0 Å². The number of hydrogen-bond acceptors (Lipinski definition) is 4. The van der Waals surface area contributed by atoms with Crippen LogP contribution in [0.25, 0.3) is 0 Å². The van der Waals surface area contributed by atoms with E-state index in [-0.39, 0.29) is 29.7 Å². The van der Waals surface area contributed by atoms with Crippen molar-refractivity contribution in [2.24, 2.45) is 22.7 Å². The molecule has 1 fully saturated rings. The fraction of sp³-hybridized carbons (Fsp3) is 0.846. The first-order valence-corrected chi connectivity index (χ1v) is 6.92. The summed E-state index contributed by atoms with van der Waals surface area (Å²) in [6, 6.07) is 0. The zero-order valence-corrected chi connectivity index (χ0v) is 12.0. The van der Waals surface area contributed by atoms with E-state index in [4.69, 9.17) is 15.7 Å². The quantitative estimate of drug-likeness (QED) is 0.327. The molecule has 0 spiro atoms. The molecule has 3 unspecified atom stereocenters. The van der Waals surface area contributed by atoms with E-state index in [0.717, 1.165) is 12.8 Å². The molecule has 1 aliphatic rings. The minimum atomic E-state index is -0.156. The first-order chi connectivity index (χ1) is 9.04. The Hall–Kier alpha value is -1.30. The Morgan fingerprint density at radius 2 is 2.26 bits per heavy atom. The van der Waals surface area contributed by atoms with E-state index >= 15 is 0 Å². The summed E-state index contributed by atoms with van der Waals surface area (Å²) in [5, 5.41) is 11.7. The van der Waals surface area contributed by atoms with Crippen molar-refractivity contribution in [3.05, 3.63) is 0 Å². The van der Waals surface area contributed by atoms with Gasteiger partial charge in [-0.15, -0.1) is 0 Å². The number of hydrogen-bond donors (Lipinski definition) is 2. The van der Waals surface area contributed by atoms with Crippen molar-refractivity contribution in [3.63, 3.8) is 0 Å². The van der Waals surface area contributed by atoms with E-state index in [1.54, 1.807) is 4.90 Å². The molecule has 6 heteroatoms. The number of nitrogens with zero attached hydrogens (tertiary/aromatic N) is 2. The monoisotopic (exact) mass is 271 g/mol. The van der Waals surface area contributed by atoms with Crippen LogP contribution in [-0.4, -0.2) is 47.7 Å². The van der Waals surface area contributed by atoms with E-state index in [1.165, 1.54) is 0 Å². The highest BCUT2D eigenvalue weighted by Crippen LogP contribution is 2.25. The van der Waals surface area contributed by atoms with Gasteiger partial charge in [0.05, 0.1) is 12.0 Å². The van der Waals surface area contributed by atoms with Gasteiger partial charge in [0.25, 0.3) is 0 Å². The van der Waals surface area contributed by atoms with Crippen molar-refractivity contribution in [1.82, 2.24) is 4.90 Å². The number of carbonyl (C=O) groups is 1. The fourth-order valence-corrected chi connectivity index (χ4v) is 2.47. The van der Waals surface area contributed by atoms with E-state index in [2.05, 4.69) is 5.16 Å². The number of oxime groups is 1. The van der Waals surface area contributed by atoms with Crippen LogP contribution in [0, 0.1) is 11.8 Å². The van der Waals surface area contributed by atoms with Gasteiger partial charge in [-0.3, -0.25) is 4.79 Å². The molecule has 1 aliphatic heterocycles. The molecule has 0 aromatic heterocycles. The molecule has 0 radical (unpaired) electrons. The molecule has 110 valence electrons. The first-order valence-electron chi connectivity index (χ1n) is 6.92. The van der Waals surface area contributed by atoms with Crippen molar-refractivity contribution < 1.29 is 14.7 Å². The van der Waals surface area contributed by atoms with Gasteiger partial charge in [0, 0.05) is 25.6 Å². The van der Waals surface area contributed by atoms with Crippen LogP contribution in [0.3, 0.4) is 0 Å². The van der Waals surface area contributed by atoms with Crippen LogP contribution >= 0.6 is 0 Å². The summed E-state index contributed by atoms with van der Waals surface area (Å²) in [5.74, 6) is 0.0612. The number of ether oxygens (including phenoxy) is 1. The number of amides is 1. The Morgan fingerprint density at radius 1 is 1.58 bits per heavy atom. The molecular formula is C13H25N3O3. The van der Waals surface area contributed by atoms with Gasteiger partial charge in [-0.1, -0.05) is 19.0 Å². The molecule has 19 heavy (non-hydrogen) atoms. The van der Waals surface area contributed by atoms with Crippen LogP contribution in [0.2, 0.25) is 0 Å². The Labute approximate surface area is 114 Å². The summed E-state index contributed by atoms with van der Waals surface area (Å²) in [6.45, 7) is 7.56. The molecule has 1 saturated heterocycles. The summed E-state index contributed by atoms with van der Waals surface area (Å²) >= 11 is 0. The van der Waals surface area contributed by atoms with E-state index in [1.807, 2.05) is 20.8 Å². The molecule has 3 N–H and O–H groups in total. The van der Waals surface area contributed by atoms with Crippen molar-refractivity contribution >= 4 is 11.7 Å². The van der Waals surface area contributed by atoms with Gasteiger partial charge >= 0.3 is 0 Å².